The number of nitrogens with two attached hydrogens (primary N) is 3. The highest BCUT2D eigenvalue weighted by molar-refractivity contribution is 7.92. The van der Waals surface area contributed by atoms with E-state index in [4.69, 9.17) is 17.2 Å². The van der Waals surface area contributed by atoms with Crippen molar-refractivity contribution in [1.29, 1.82) is 0 Å². The number of rotatable bonds is 11. The Kier molecular flexibility index (Phi) is 8.91. The van der Waals surface area contributed by atoms with Crippen LogP contribution >= 0.6 is 11.3 Å². The first-order chi connectivity index (χ1) is 15.4. The fourth-order valence-corrected chi connectivity index (χ4v) is 5.78. The standard InChI is InChI=1S/C20H28N6O5S2/c1-3-4-8-33(30,31)14(18(28)29)10-15(21)25-17(27)13-7-5-6-12(9-13)16-11(2)24-20(32-16)26-19(22)23/h5-7,9,14-15H,3-4,8,10,21H2,1-2H3,(H,25,27)(H,28,29)(H4,22,23,24,26). The van der Waals surface area contributed by atoms with Gasteiger partial charge in [0.1, 0.15) is 0 Å². The molecule has 2 aromatic rings. The summed E-state index contributed by atoms with van der Waals surface area (Å²) in [5, 5.41) is 10.5. The highest BCUT2D eigenvalue weighted by atomic mass is 32.2. The summed E-state index contributed by atoms with van der Waals surface area (Å²) >= 11 is 1.25. The van der Waals surface area contributed by atoms with Gasteiger partial charge in [-0.25, -0.2) is 13.4 Å². The van der Waals surface area contributed by atoms with Crippen LogP contribution in [0, 0.1) is 6.92 Å². The average molecular weight is 497 g/mol. The molecule has 0 spiro atoms. The van der Waals surface area contributed by atoms with Gasteiger partial charge in [0.05, 0.1) is 22.5 Å². The predicted molar refractivity (Wildman–Crippen MR) is 128 cm³/mol. The number of aromatic nitrogens is 1. The Balaban J connectivity index is 2.17. The molecule has 0 aliphatic rings. The van der Waals surface area contributed by atoms with E-state index in [0.29, 0.717) is 29.2 Å². The maximum Gasteiger partial charge on any atom is 0.322 e. The van der Waals surface area contributed by atoms with Gasteiger partial charge in [-0.3, -0.25) is 9.59 Å². The number of unbranched alkanes of at least 4 members (excludes halogenated alkanes) is 1. The molecule has 1 amide bonds. The van der Waals surface area contributed by atoms with Crippen molar-refractivity contribution < 1.29 is 23.1 Å². The summed E-state index contributed by atoms with van der Waals surface area (Å²) in [5.41, 5.74) is 18.3. The minimum absolute atomic E-state index is 0.117. The molecule has 0 aliphatic heterocycles. The molecule has 33 heavy (non-hydrogen) atoms. The third-order valence-electron chi connectivity index (χ3n) is 4.67. The van der Waals surface area contributed by atoms with Gasteiger partial charge in [-0.05, 0) is 31.0 Å². The Hall–Kier alpha value is -3.03. The summed E-state index contributed by atoms with van der Waals surface area (Å²) in [5.74, 6) is -2.42. The number of aliphatic imine (C=N–C) groups is 1. The number of carboxylic acid groups (broad SMARTS) is 1. The summed E-state index contributed by atoms with van der Waals surface area (Å²) in [7, 11) is -3.90. The number of benzene rings is 1. The van der Waals surface area contributed by atoms with Crippen molar-refractivity contribution in [1.82, 2.24) is 10.3 Å². The Labute approximate surface area is 196 Å². The molecule has 0 fully saturated rings. The minimum atomic E-state index is -3.90. The van der Waals surface area contributed by atoms with Gasteiger partial charge in [-0.15, -0.1) is 0 Å². The van der Waals surface area contributed by atoms with Crippen LogP contribution in [0.1, 0.15) is 42.2 Å². The molecule has 11 nitrogen and oxygen atoms in total. The molecule has 0 radical (unpaired) electrons. The molecule has 1 aromatic heterocycles. The Morgan fingerprint density at radius 1 is 1.30 bits per heavy atom. The second-order valence-corrected chi connectivity index (χ2v) is 10.7. The SMILES string of the molecule is CCCCS(=O)(=O)C(CC(N)NC(=O)c1cccc(-c2sc(N=C(N)N)nc2C)c1)C(=O)O. The van der Waals surface area contributed by atoms with Gasteiger partial charge >= 0.3 is 5.97 Å². The van der Waals surface area contributed by atoms with Crippen molar-refractivity contribution in [3.05, 3.63) is 35.5 Å². The summed E-state index contributed by atoms with van der Waals surface area (Å²) in [6.07, 6.45) is -0.653. The van der Waals surface area contributed by atoms with E-state index in [1.165, 1.54) is 11.3 Å². The molecule has 1 aromatic carbocycles. The fourth-order valence-electron chi connectivity index (χ4n) is 3.04. The molecule has 2 atom stereocenters. The third-order valence-corrected chi connectivity index (χ3v) is 7.89. The monoisotopic (exact) mass is 496 g/mol. The number of carboxylic acids is 1. The number of carbonyl (C=O) groups is 2. The molecule has 180 valence electrons. The highest BCUT2D eigenvalue weighted by Crippen LogP contribution is 2.34. The number of thiazole rings is 1. The third kappa shape index (κ3) is 7.23. The van der Waals surface area contributed by atoms with Gasteiger partial charge < -0.3 is 27.6 Å². The lowest BCUT2D eigenvalue weighted by atomic mass is 10.1. The normalized spacial score (nSPS) is 13.2. The van der Waals surface area contributed by atoms with E-state index in [1.807, 2.05) is 0 Å². The van der Waals surface area contributed by atoms with Crippen molar-refractivity contribution in [3.8, 4) is 10.4 Å². The van der Waals surface area contributed by atoms with Crippen molar-refractivity contribution in [2.45, 2.75) is 44.5 Å². The van der Waals surface area contributed by atoms with Gasteiger partial charge in [0.25, 0.3) is 5.91 Å². The molecule has 13 heteroatoms. The predicted octanol–water partition coefficient (Wildman–Crippen LogP) is 1.10. The van der Waals surface area contributed by atoms with E-state index < -0.39 is 39.6 Å². The maximum atomic E-state index is 12.7. The zero-order valence-corrected chi connectivity index (χ0v) is 19.9. The van der Waals surface area contributed by atoms with Crippen LogP contribution < -0.4 is 22.5 Å². The van der Waals surface area contributed by atoms with Gasteiger partial charge in [0, 0.05) is 12.0 Å². The molecule has 2 rings (SSSR count). The number of hydrogen-bond donors (Lipinski definition) is 5. The van der Waals surface area contributed by atoms with Crippen molar-refractivity contribution in [2.75, 3.05) is 5.75 Å². The molecular formula is C20H28N6O5S2. The number of nitrogens with zero attached hydrogens (tertiary/aromatic N) is 2. The lowest BCUT2D eigenvalue weighted by Gasteiger charge is -2.19. The molecule has 1 heterocycles. The van der Waals surface area contributed by atoms with Gasteiger partial charge in [0.15, 0.2) is 21.0 Å². The lowest BCUT2D eigenvalue weighted by Crippen LogP contribution is -2.47. The largest absolute Gasteiger partial charge is 0.480 e. The Morgan fingerprint density at radius 3 is 2.61 bits per heavy atom. The topological polar surface area (TPSA) is 204 Å². The molecule has 8 N–H and O–H groups in total. The Bertz CT molecular complexity index is 1140. The fraction of sp³-hybridized carbons (Fsp3) is 0.400. The van der Waals surface area contributed by atoms with Crippen LogP contribution in [0.25, 0.3) is 10.4 Å². The second-order valence-electron chi connectivity index (χ2n) is 7.39. The lowest BCUT2D eigenvalue weighted by molar-refractivity contribution is -0.136. The number of guanidine groups is 1. The van der Waals surface area contributed by atoms with Gasteiger partial charge in [-0.2, -0.15) is 4.99 Å². The molecular weight excluding hydrogens is 468 g/mol. The summed E-state index contributed by atoms with van der Waals surface area (Å²) < 4.78 is 24.7. The van der Waals surface area contributed by atoms with E-state index in [-0.39, 0.29) is 17.3 Å². The summed E-state index contributed by atoms with van der Waals surface area (Å²) in [4.78, 5) is 33.2. The van der Waals surface area contributed by atoms with Crippen LogP contribution in [-0.2, 0) is 14.6 Å². The van der Waals surface area contributed by atoms with Crippen molar-refractivity contribution in [3.63, 3.8) is 0 Å². The number of carbonyl (C=O) groups excluding carboxylic acids is 1. The van der Waals surface area contributed by atoms with Crippen molar-refractivity contribution >= 4 is 44.1 Å². The van der Waals surface area contributed by atoms with Crippen LogP contribution in [0.3, 0.4) is 0 Å². The molecule has 2 unspecified atom stereocenters. The van der Waals surface area contributed by atoms with E-state index in [9.17, 15) is 23.1 Å². The van der Waals surface area contributed by atoms with Crippen molar-refractivity contribution in [2.24, 2.45) is 22.2 Å². The van der Waals surface area contributed by atoms with Gasteiger partial charge in [0.2, 0.25) is 5.13 Å². The number of aryl methyl sites for hydroxylation is 1. The number of nitrogens with one attached hydrogen (secondary N) is 1. The van der Waals surface area contributed by atoms with Crippen LogP contribution in [0.15, 0.2) is 29.3 Å². The summed E-state index contributed by atoms with van der Waals surface area (Å²) in [6, 6.07) is 6.64. The van der Waals surface area contributed by atoms with E-state index in [1.54, 1.807) is 38.1 Å². The number of sulfone groups is 1. The summed E-state index contributed by atoms with van der Waals surface area (Å²) in [6.45, 7) is 3.59. The average Bonchev–Trinajstić information content (AvgIpc) is 3.09. The number of hydrogen-bond acceptors (Lipinski definition) is 8. The van der Waals surface area contributed by atoms with E-state index in [0.717, 1.165) is 4.88 Å². The first-order valence-electron chi connectivity index (χ1n) is 10.1. The quantitative estimate of drug-likeness (QED) is 0.171. The maximum absolute atomic E-state index is 12.7. The molecule has 0 saturated heterocycles. The van der Waals surface area contributed by atoms with Crippen LogP contribution in [-0.4, -0.2) is 53.5 Å². The minimum Gasteiger partial charge on any atom is -0.480 e. The zero-order chi connectivity index (χ0) is 24.8. The van der Waals surface area contributed by atoms with Crippen LogP contribution in [0.4, 0.5) is 5.13 Å². The molecule has 0 bridgehead atoms. The molecule has 0 saturated carbocycles. The van der Waals surface area contributed by atoms with E-state index >= 15 is 0 Å². The smallest absolute Gasteiger partial charge is 0.322 e. The first kappa shape index (κ1) is 26.2. The Morgan fingerprint density at radius 2 is 2.00 bits per heavy atom. The highest BCUT2D eigenvalue weighted by Gasteiger charge is 2.34. The van der Waals surface area contributed by atoms with Crippen LogP contribution in [0.5, 0.6) is 0 Å². The zero-order valence-electron chi connectivity index (χ0n) is 18.3. The number of aliphatic carboxylic acids is 1. The van der Waals surface area contributed by atoms with Crippen LogP contribution in [0.2, 0.25) is 0 Å². The second kappa shape index (κ2) is 11.2. The first-order valence-corrected chi connectivity index (χ1v) is 12.7. The molecule has 0 aliphatic carbocycles. The van der Waals surface area contributed by atoms with Gasteiger partial charge in [-0.1, -0.05) is 36.8 Å². The van der Waals surface area contributed by atoms with E-state index in [2.05, 4.69) is 15.3 Å². The number of amides is 1.